The van der Waals surface area contributed by atoms with Crippen molar-refractivity contribution in [3.05, 3.63) is 22.8 Å². The minimum absolute atomic E-state index is 0.0181. The van der Waals surface area contributed by atoms with E-state index in [-0.39, 0.29) is 11.1 Å². The first-order valence-corrected chi connectivity index (χ1v) is 10.4. The van der Waals surface area contributed by atoms with Gasteiger partial charge in [0, 0.05) is 45.5 Å². The summed E-state index contributed by atoms with van der Waals surface area (Å²) in [6.07, 6.45) is 1.07. The van der Waals surface area contributed by atoms with Crippen LogP contribution in [0.5, 0.6) is 0 Å². The summed E-state index contributed by atoms with van der Waals surface area (Å²) in [5, 5.41) is 6.75. The van der Waals surface area contributed by atoms with Crippen molar-refractivity contribution in [2.75, 3.05) is 51.2 Å². The Balaban J connectivity index is 1.48. The van der Waals surface area contributed by atoms with Crippen molar-refractivity contribution < 1.29 is 13.2 Å². The van der Waals surface area contributed by atoms with Gasteiger partial charge in [0.2, 0.25) is 0 Å². The maximum absolute atomic E-state index is 12.8. The first-order chi connectivity index (χ1) is 13.9. The minimum atomic E-state index is -4.45. The zero-order chi connectivity index (χ0) is 20.9. The van der Waals surface area contributed by atoms with E-state index >= 15 is 0 Å². The summed E-state index contributed by atoms with van der Waals surface area (Å²) in [4.78, 5) is 12.6. The second-order valence-electron chi connectivity index (χ2n) is 7.50. The van der Waals surface area contributed by atoms with E-state index < -0.39 is 11.7 Å². The van der Waals surface area contributed by atoms with Crippen LogP contribution in [-0.2, 0) is 6.18 Å². The molecule has 2 aliphatic rings. The number of nitrogens with one attached hydrogen (secondary N) is 2. The highest BCUT2D eigenvalue weighted by molar-refractivity contribution is 6.33. The lowest BCUT2D eigenvalue weighted by Gasteiger charge is -2.27. The lowest BCUT2D eigenvalue weighted by Crippen LogP contribution is -2.47. The molecule has 2 N–H and O–H groups in total. The topological polar surface area (TPSA) is 55.8 Å². The Morgan fingerprint density at radius 2 is 2.03 bits per heavy atom. The molecule has 3 heterocycles. The molecule has 1 aromatic rings. The monoisotopic (exact) mass is 432 g/mol. The fourth-order valence-electron chi connectivity index (χ4n) is 3.79. The molecule has 10 heteroatoms. The Morgan fingerprint density at radius 1 is 1.28 bits per heavy atom. The summed E-state index contributed by atoms with van der Waals surface area (Å²) in [7, 11) is 1.73. The Labute approximate surface area is 174 Å². The van der Waals surface area contributed by atoms with E-state index in [9.17, 15) is 13.2 Å². The molecule has 0 spiro atoms. The number of aromatic nitrogens is 1. The van der Waals surface area contributed by atoms with Crippen LogP contribution in [0.1, 0.15) is 31.2 Å². The summed E-state index contributed by atoms with van der Waals surface area (Å²) in [5.41, 5.74) is -0.835. The van der Waals surface area contributed by atoms with Crippen molar-refractivity contribution in [2.45, 2.75) is 37.9 Å². The molecule has 1 atom stereocenters. The quantitative estimate of drug-likeness (QED) is 0.553. The molecule has 0 aromatic carbocycles. The Kier molecular flexibility index (Phi) is 7.45. The Hall–Kier alpha value is -1.74. The van der Waals surface area contributed by atoms with Crippen LogP contribution >= 0.6 is 11.6 Å². The van der Waals surface area contributed by atoms with Crippen LogP contribution in [0.15, 0.2) is 17.3 Å². The number of hydrogen-bond acceptors (Lipinski definition) is 4. The van der Waals surface area contributed by atoms with Gasteiger partial charge in [-0.05, 0) is 38.4 Å². The smallest absolute Gasteiger partial charge is 0.355 e. The average molecular weight is 433 g/mol. The number of anilines is 1. The highest BCUT2D eigenvalue weighted by atomic mass is 35.5. The fourth-order valence-corrected chi connectivity index (χ4v) is 4.08. The SMILES string of the molecule is CN=C(NCCN1CCCCC1)NC1CCN(c2ncc(C(F)(F)F)cc2Cl)C1. The third kappa shape index (κ3) is 6.12. The zero-order valence-electron chi connectivity index (χ0n) is 16.6. The van der Waals surface area contributed by atoms with E-state index in [0.29, 0.717) is 18.9 Å². The van der Waals surface area contributed by atoms with Crippen LogP contribution < -0.4 is 15.5 Å². The fraction of sp³-hybridized carbons (Fsp3) is 0.684. The van der Waals surface area contributed by atoms with Gasteiger partial charge in [0.15, 0.2) is 5.96 Å². The summed E-state index contributed by atoms with van der Waals surface area (Å²) < 4.78 is 38.4. The number of piperidine rings is 1. The van der Waals surface area contributed by atoms with Crippen LogP contribution in [0, 0.1) is 0 Å². The van der Waals surface area contributed by atoms with Gasteiger partial charge in [-0.25, -0.2) is 4.98 Å². The van der Waals surface area contributed by atoms with Crippen molar-refractivity contribution >= 4 is 23.4 Å². The Bertz CT molecular complexity index is 706. The number of aliphatic imine (C=N–C) groups is 1. The average Bonchev–Trinajstić information content (AvgIpc) is 3.15. The van der Waals surface area contributed by atoms with Gasteiger partial charge < -0.3 is 20.4 Å². The number of halogens is 4. The maximum atomic E-state index is 12.8. The van der Waals surface area contributed by atoms with E-state index in [0.717, 1.165) is 50.8 Å². The number of nitrogens with zero attached hydrogens (tertiary/aromatic N) is 4. The summed E-state index contributed by atoms with van der Waals surface area (Å²) in [6.45, 7) is 5.40. The zero-order valence-corrected chi connectivity index (χ0v) is 17.4. The first kappa shape index (κ1) is 22.0. The number of guanidine groups is 1. The largest absolute Gasteiger partial charge is 0.417 e. The summed E-state index contributed by atoms with van der Waals surface area (Å²) in [5.74, 6) is 1.12. The third-order valence-electron chi connectivity index (χ3n) is 5.37. The van der Waals surface area contributed by atoms with Gasteiger partial charge in [-0.1, -0.05) is 18.0 Å². The molecule has 1 aromatic heterocycles. The molecule has 6 nitrogen and oxygen atoms in total. The molecule has 1 unspecified atom stereocenters. The van der Waals surface area contributed by atoms with Gasteiger partial charge in [-0.3, -0.25) is 4.99 Å². The van der Waals surface area contributed by atoms with Crippen LogP contribution in [0.3, 0.4) is 0 Å². The standard InChI is InChI=1S/C19H28ClF3N6/c1-24-18(25-6-10-28-7-3-2-4-8-28)27-15-5-9-29(13-15)17-16(20)11-14(12-26-17)19(21,22)23/h11-12,15H,2-10,13H2,1H3,(H2,24,25,27). The lowest BCUT2D eigenvalue weighted by molar-refractivity contribution is -0.137. The number of hydrogen-bond donors (Lipinski definition) is 2. The molecular weight excluding hydrogens is 405 g/mol. The number of alkyl halides is 3. The van der Waals surface area contributed by atoms with Crippen LogP contribution in [0.25, 0.3) is 0 Å². The van der Waals surface area contributed by atoms with Crippen LogP contribution in [0.2, 0.25) is 5.02 Å². The predicted molar refractivity (Wildman–Crippen MR) is 110 cm³/mol. The van der Waals surface area contributed by atoms with Crippen molar-refractivity contribution in [3.63, 3.8) is 0 Å². The third-order valence-corrected chi connectivity index (χ3v) is 5.65. The molecular formula is C19H28ClF3N6. The van der Waals surface area contributed by atoms with Crippen LogP contribution in [-0.4, -0.2) is 68.2 Å². The Morgan fingerprint density at radius 3 is 2.69 bits per heavy atom. The molecule has 2 saturated heterocycles. The normalized spacial score (nSPS) is 21.5. The van der Waals surface area contributed by atoms with Gasteiger partial charge in [-0.15, -0.1) is 0 Å². The summed E-state index contributed by atoms with van der Waals surface area (Å²) >= 11 is 6.07. The van der Waals surface area contributed by atoms with E-state index in [1.165, 1.54) is 19.3 Å². The van der Waals surface area contributed by atoms with Crippen LogP contribution in [0.4, 0.5) is 19.0 Å². The summed E-state index contributed by atoms with van der Waals surface area (Å²) in [6, 6.07) is 1.06. The number of pyridine rings is 1. The van der Waals surface area contributed by atoms with E-state index in [2.05, 4.69) is 25.5 Å². The molecule has 2 fully saturated rings. The van der Waals surface area contributed by atoms with Gasteiger partial charge in [0.05, 0.1) is 10.6 Å². The van der Waals surface area contributed by atoms with Crippen molar-refractivity contribution in [3.8, 4) is 0 Å². The number of rotatable bonds is 5. The van der Waals surface area contributed by atoms with Gasteiger partial charge in [-0.2, -0.15) is 13.2 Å². The van der Waals surface area contributed by atoms with E-state index in [1.54, 1.807) is 7.05 Å². The minimum Gasteiger partial charge on any atom is -0.355 e. The molecule has 0 aliphatic carbocycles. The van der Waals surface area contributed by atoms with Crippen molar-refractivity contribution in [1.82, 2.24) is 20.5 Å². The second-order valence-corrected chi connectivity index (χ2v) is 7.91. The van der Waals surface area contributed by atoms with Gasteiger partial charge in [0.1, 0.15) is 5.82 Å². The van der Waals surface area contributed by atoms with E-state index in [4.69, 9.17) is 11.6 Å². The van der Waals surface area contributed by atoms with E-state index in [1.807, 2.05) is 4.90 Å². The molecule has 0 radical (unpaired) electrons. The van der Waals surface area contributed by atoms with Gasteiger partial charge >= 0.3 is 6.18 Å². The maximum Gasteiger partial charge on any atom is 0.417 e. The molecule has 0 amide bonds. The highest BCUT2D eigenvalue weighted by Gasteiger charge is 2.33. The molecule has 162 valence electrons. The lowest BCUT2D eigenvalue weighted by atomic mass is 10.1. The first-order valence-electron chi connectivity index (χ1n) is 10.0. The molecule has 29 heavy (non-hydrogen) atoms. The highest BCUT2D eigenvalue weighted by Crippen LogP contribution is 2.34. The predicted octanol–water partition coefficient (Wildman–Crippen LogP) is 2.98. The molecule has 2 aliphatic heterocycles. The number of likely N-dealkylation sites (tertiary alicyclic amines) is 1. The molecule has 0 saturated carbocycles. The van der Waals surface area contributed by atoms with Crippen molar-refractivity contribution in [1.29, 1.82) is 0 Å². The van der Waals surface area contributed by atoms with Gasteiger partial charge in [0.25, 0.3) is 0 Å². The molecule has 3 rings (SSSR count). The molecule has 0 bridgehead atoms. The second kappa shape index (κ2) is 9.84. The van der Waals surface area contributed by atoms with Crippen molar-refractivity contribution in [2.24, 2.45) is 4.99 Å².